The van der Waals surface area contributed by atoms with Crippen molar-refractivity contribution in [2.45, 2.75) is 25.4 Å². The normalized spacial score (nSPS) is 13.5. The summed E-state index contributed by atoms with van der Waals surface area (Å²) in [5.74, 6) is -2.28. The maximum absolute atomic E-state index is 11.5. The van der Waals surface area contributed by atoms with Crippen molar-refractivity contribution in [3.8, 4) is 0 Å². The summed E-state index contributed by atoms with van der Waals surface area (Å²) < 4.78 is 9.56. The van der Waals surface area contributed by atoms with E-state index in [0.717, 1.165) is 0 Å². The van der Waals surface area contributed by atoms with Gasteiger partial charge >= 0.3 is 11.9 Å². The van der Waals surface area contributed by atoms with Gasteiger partial charge in [0.2, 0.25) is 5.91 Å². The molecule has 8 heteroatoms. The summed E-state index contributed by atoms with van der Waals surface area (Å²) in [6.45, 7) is 1.30. The number of nitrogens with two attached hydrogens (primary N) is 1. The maximum atomic E-state index is 11.5. The van der Waals surface area contributed by atoms with Crippen molar-refractivity contribution in [2.75, 3.05) is 20.3 Å². The van der Waals surface area contributed by atoms with E-state index in [2.05, 4.69) is 5.32 Å². The Morgan fingerprint density at radius 3 is 2.39 bits per heavy atom. The van der Waals surface area contributed by atoms with Gasteiger partial charge in [0.05, 0.1) is 25.1 Å². The Labute approximate surface area is 104 Å². The number of carboxylic acid groups (broad SMARTS) is 1. The van der Waals surface area contributed by atoms with Crippen molar-refractivity contribution in [3.05, 3.63) is 0 Å². The zero-order valence-corrected chi connectivity index (χ0v) is 10.3. The van der Waals surface area contributed by atoms with Crippen molar-refractivity contribution >= 4 is 17.8 Å². The van der Waals surface area contributed by atoms with Crippen LogP contribution in [0.3, 0.4) is 0 Å². The molecule has 0 saturated carbocycles. The molecule has 104 valence electrons. The number of ether oxygens (including phenoxy) is 2. The second-order valence-corrected chi connectivity index (χ2v) is 3.67. The van der Waals surface area contributed by atoms with E-state index in [4.69, 9.17) is 20.3 Å². The second kappa shape index (κ2) is 8.43. The van der Waals surface area contributed by atoms with E-state index in [1.807, 2.05) is 0 Å². The first kappa shape index (κ1) is 16.3. The summed E-state index contributed by atoms with van der Waals surface area (Å²) in [7, 11) is 1.42. The number of amides is 1. The highest BCUT2D eigenvalue weighted by Gasteiger charge is 2.21. The van der Waals surface area contributed by atoms with E-state index in [1.54, 1.807) is 0 Å². The number of esters is 1. The minimum Gasteiger partial charge on any atom is -0.481 e. The van der Waals surface area contributed by atoms with Crippen molar-refractivity contribution in [1.29, 1.82) is 0 Å². The van der Waals surface area contributed by atoms with Crippen LogP contribution in [0.25, 0.3) is 0 Å². The van der Waals surface area contributed by atoms with Crippen molar-refractivity contribution in [2.24, 2.45) is 5.73 Å². The van der Waals surface area contributed by atoms with Gasteiger partial charge in [-0.1, -0.05) is 0 Å². The van der Waals surface area contributed by atoms with Crippen molar-refractivity contribution < 1.29 is 29.0 Å². The van der Waals surface area contributed by atoms with Gasteiger partial charge in [-0.05, 0) is 0 Å². The molecule has 0 radical (unpaired) electrons. The predicted octanol–water partition coefficient (Wildman–Crippen LogP) is -1.52. The van der Waals surface area contributed by atoms with E-state index in [1.165, 1.54) is 14.0 Å². The van der Waals surface area contributed by atoms with E-state index in [9.17, 15) is 14.4 Å². The van der Waals surface area contributed by atoms with Gasteiger partial charge in [0, 0.05) is 14.0 Å². The molecule has 2 atom stereocenters. The number of nitrogens with one attached hydrogen (secondary N) is 1. The molecule has 0 saturated heterocycles. The molecule has 0 spiro atoms. The molecule has 0 rings (SSSR count). The van der Waals surface area contributed by atoms with Gasteiger partial charge in [-0.25, -0.2) is 0 Å². The van der Waals surface area contributed by atoms with Crippen LogP contribution in [0, 0.1) is 0 Å². The van der Waals surface area contributed by atoms with Gasteiger partial charge in [-0.15, -0.1) is 0 Å². The lowest BCUT2D eigenvalue weighted by atomic mass is 10.2. The number of carbonyl (C=O) groups is 3. The zero-order valence-electron chi connectivity index (χ0n) is 10.3. The topological polar surface area (TPSA) is 128 Å². The lowest BCUT2D eigenvalue weighted by molar-refractivity contribution is -0.143. The lowest BCUT2D eigenvalue weighted by Gasteiger charge is -2.19. The highest BCUT2D eigenvalue weighted by molar-refractivity contribution is 5.86. The SMILES string of the molecule is COC[C@@H](COC(C)=O)NC(=O)[C@H](N)CC(=O)O. The average Bonchev–Trinajstić information content (AvgIpc) is 2.25. The molecule has 18 heavy (non-hydrogen) atoms. The largest absolute Gasteiger partial charge is 0.481 e. The van der Waals surface area contributed by atoms with E-state index in [0.29, 0.717) is 0 Å². The van der Waals surface area contributed by atoms with Crippen LogP contribution in [0.2, 0.25) is 0 Å². The number of hydrogen-bond donors (Lipinski definition) is 3. The van der Waals surface area contributed by atoms with Crippen molar-refractivity contribution in [3.63, 3.8) is 0 Å². The third-order valence-corrected chi connectivity index (χ3v) is 1.93. The van der Waals surface area contributed by atoms with Crippen molar-refractivity contribution in [1.82, 2.24) is 5.32 Å². The van der Waals surface area contributed by atoms with Crippen LogP contribution < -0.4 is 11.1 Å². The third kappa shape index (κ3) is 7.58. The smallest absolute Gasteiger partial charge is 0.305 e. The van der Waals surface area contributed by atoms with Crippen LogP contribution in [0.15, 0.2) is 0 Å². The number of rotatable bonds is 8. The molecule has 0 aromatic rings. The van der Waals surface area contributed by atoms with Crippen LogP contribution in [0.5, 0.6) is 0 Å². The van der Waals surface area contributed by atoms with E-state index in [-0.39, 0.29) is 13.2 Å². The quantitative estimate of drug-likeness (QED) is 0.453. The molecule has 1 amide bonds. The minimum atomic E-state index is -1.17. The Morgan fingerprint density at radius 2 is 1.94 bits per heavy atom. The van der Waals surface area contributed by atoms with Gasteiger partial charge in [0.1, 0.15) is 6.61 Å². The Balaban J connectivity index is 4.25. The highest BCUT2D eigenvalue weighted by Crippen LogP contribution is 1.93. The lowest BCUT2D eigenvalue weighted by Crippen LogP contribution is -2.49. The van der Waals surface area contributed by atoms with Gasteiger partial charge in [0.25, 0.3) is 0 Å². The molecule has 0 fully saturated rings. The first-order valence-corrected chi connectivity index (χ1v) is 5.26. The fraction of sp³-hybridized carbons (Fsp3) is 0.700. The maximum Gasteiger partial charge on any atom is 0.305 e. The van der Waals surface area contributed by atoms with Gasteiger partial charge in [-0.2, -0.15) is 0 Å². The standard InChI is InChI=1S/C10H18N2O6/c1-6(13)18-5-7(4-17-2)12-10(16)8(11)3-9(14)15/h7-8H,3-5,11H2,1-2H3,(H,12,16)(H,14,15)/t7-,8+/m0/s1. The van der Waals surface area contributed by atoms with Crippen LogP contribution in [0.4, 0.5) is 0 Å². The fourth-order valence-corrected chi connectivity index (χ4v) is 1.14. The van der Waals surface area contributed by atoms with Crippen LogP contribution in [-0.4, -0.2) is 55.4 Å². The van der Waals surface area contributed by atoms with E-state index < -0.39 is 36.4 Å². The molecule has 0 heterocycles. The molecule has 0 aliphatic heterocycles. The Morgan fingerprint density at radius 1 is 1.33 bits per heavy atom. The molecule has 0 aliphatic rings. The van der Waals surface area contributed by atoms with Gasteiger partial charge < -0.3 is 25.6 Å². The summed E-state index contributed by atoms with van der Waals surface area (Å²) >= 11 is 0. The molecule has 0 unspecified atom stereocenters. The van der Waals surface area contributed by atoms with Gasteiger partial charge in [0.15, 0.2) is 0 Å². The fourth-order valence-electron chi connectivity index (χ4n) is 1.14. The number of aliphatic carboxylic acids is 1. The summed E-state index contributed by atoms with van der Waals surface area (Å²) in [4.78, 5) is 32.5. The van der Waals surface area contributed by atoms with Crippen LogP contribution in [-0.2, 0) is 23.9 Å². The third-order valence-electron chi connectivity index (χ3n) is 1.93. The molecule has 0 aromatic heterocycles. The highest BCUT2D eigenvalue weighted by atomic mass is 16.5. The molecular weight excluding hydrogens is 244 g/mol. The summed E-state index contributed by atoms with van der Waals surface area (Å²) in [5.41, 5.74) is 5.38. The second-order valence-electron chi connectivity index (χ2n) is 3.67. The number of hydrogen-bond acceptors (Lipinski definition) is 6. The number of carbonyl (C=O) groups excluding carboxylic acids is 2. The predicted molar refractivity (Wildman–Crippen MR) is 60.7 cm³/mol. The molecule has 0 aromatic carbocycles. The minimum absolute atomic E-state index is 0.0608. The Bertz CT molecular complexity index is 307. The monoisotopic (exact) mass is 262 g/mol. The molecular formula is C10H18N2O6. The molecule has 8 nitrogen and oxygen atoms in total. The first-order valence-electron chi connectivity index (χ1n) is 5.26. The average molecular weight is 262 g/mol. The summed E-state index contributed by atoms with van der Waals surface area (Å²) in [5, 5.41) is 10.9. The van der Waals surface area contributed by atoms with E-state index >= 15 is 0 Å². The first-order chi connectivity index (χ1) is 8.36. The Hall–Kier alpha value is -1.67. The number of carboxylic acids is 1. The zero-order chi connectivity index (χ0) is 14.1. The number of methoxy groups -OCH3 is 1. The molecule has 0 bridgehead atoms. The van der Waals surface area contributed by atoms with Gasteiger partial charge in [-0.3, -0.25) is 14.4 Å². The molecule has 0 aliphatic carbocycles. The summed E-state index contributed by atoms with van der Waals surface area (Å²) in [6.07, 6.45) is -0.473. The Kier molecular flexibility index (Phi) is 7.64. The molecule has 4 N–H and O–H groups in total. The van der Waals surface area contributed by atoms with Crippen LogP contribution >= 0.6 is 0 Å². The summed E-state index contributed by atoms with van der Waals surface area (Å²) in [6, 6.07) is -1.72. The van der Waals surface area contributed by atoms with Crippen LogP contribution in [0.1, 0.15) is 13.3 Å².